The Kier molecular flexibility index (Phi) is 6.15. The molecule has 4 heteroatoms. The van der Waals surface area contributed by atoms with Crippen LogP contribution in [0.2, 0.25) is 0 Å². The molecule has 0 amide bonds. The van der Waals surface area contributed by atoms with Crippen molar-refractivity contribution in [3.63, 3.8) is 0 Å². The van der Waals surface area contributed by atoms with E-state index in [-0.39, 0.29) is 0 Å². The van der Waals surface area contributed by atoms with Crippen LogP contribution in [0, 0.1) is 0 Å². The zero-order valence-electron chi connectivity index (χ0n) is 10.3. The smallest absolute Gasteiger partial charge is 0.123 e. The van der Waals surface area contributed by atoms with E-state index in [9.17, 15) is 0 Å². The molecule has 1 N–H and O–H groups in total. The molecule has 0 radical (unpaired) electrons. The molecule has 1 aromatic rings. The van der Waals surface area contributed by atoms with Crippen LogP contribution in [-0.4, -0.2) is 26.4 Å². The maximum atomic E-state index is 5.45. The van der Waals surface area contributed by atoms with Crippen molar-refractivity contribution in [3.8, 4) is 0 Å². The van der Waals surface area contributed by atoms with Gasteiger partial charge in [-0.2, -0.15) is 0 Å². The summed E-state index contributed by atoms with van der Waals surface area (Å²) in [5.74, 6) is 0.950. The Morgan fingerprint density at radius 3 is 2.88 bits per heavy atom. The van der Waals surface area contributed by atoms with Crippen molar-refractivity contribution < 1.29 is 13.9 Å². The van der Waals surface area contributed by atoms with E-state index in [4.69, 9.17) is 13.9 Å². The second-order valence-electron chi connectivity index (χ2n) is 3.95. The molecule has 0 aliphatic rings. The van der Waals surface area contributed by atoms with E-state index in [0.29, 0.717) is 25.9 Å². The summed E-state index contributed by atoms with van der Waals surface area (Å²) in [7, 11) is 1.67. The zero-order valence-corrected chi connectivity index (χ0v) is 10.3. The third-order valence-electron chi connectivity index (χ3n) is 2.20. The first kappa shape index (κ1) is 13.2. The number of hydrogen-bond donors (Lipinski definition) is 1. The molecule has 92 valence electrons. The molecule has 0 atom stereocenters. The molecular formula is C12H21NO3. The van der Waals surface area contributed by atoms with Crippen LogP contribution in [0.25, 0.3) is 0 Å². The molecule has 0 unspecified atom stereocenters. The average Bonchev–Trinajstić information content (AvgIpc) is 2.69. The highest BCUT2D eigenvalue weighted by Gasteiger charge is 2.06. The minimum atomic E-state index is 0.451. The fourth-order valence-corrected chi connectivity index (χ4v) is 1.27. The summed E-state index contributed by atoms with van der Waals surface area (Å²) in [4.78, 5) is 0. The third-order valence-corrected chi connectivity index (χ3v) is 2.20. The van der Waals surface area contributed by atoms with E-state index in [1.807, 2.05) is 6.07 Å². The first-order valence-electron chi connectivity index (χ1n) is 5.59. The van der Waals surface area contributed by atoms with Crippen molar-refractivity contribution in [2.24, 2.45) is 0 Å². The summed E-state index contributed by atoms with van der Waals surface area (Å²) in [6.07, 6.45) is 1.70. The van der Waals surface area contributed by atoms with Crippen LogP contribution in [0.5, 0.6) is 0 Å². The fraction of sp³-hybridized carbons (Fsp3) is 0.667. The predicted octanol–water partition coefficient (Wildman–Crippen LogP) is 1.94. The average molecular weight is 227 g/mol. The maximum absolute atomic E-state index is 5.45. The van der Waals surface area contributed by atoms with E-state index in [1.165, 1.54) is 0 Å². The quantitative estimate of drug-likeness (QED) is 0.689. The van der Waals surface area contributed by atoms with Crippen LogP contribution >= 0.6 is 0 Å². The summed E-state index contributed by atoms with van der Waals surface area (Å²) in [5.41, 5.74) is 1.10. The Bertz CT molecular complexity index is 284. The van der Waals surface area contributed by atoms with Crippen LogP contribution in [0.15, 0.2) is 16.7 Å². The fourth-order valence-electron chi connectivity index (χ4n) is 1.27. The number of methoxy groups -OCH3 is 1. The Labute approximate surface area is 96.9 Å². The van der Waals surface area contributed by atoms with Gasteiger partial charge in [-0.25, -0.2) is 0 Å². The second kappa shape index (κ2) is 7.44. The lowest BCUT2D eigenvalue weighted by Crippen LogP contribution is -2.22. The molecule has 0 fully saturated rings. The summed E-state index contributed by atoms with van der Waals surface area (Å²) in [6, 6.07) is 2.40. The largest absolute Gasteiger partial charge is 0.468 e. The van der Waals surface area contributed by atoms with Crippen molar-refractivity contribution >= 4 is 0 Å². The maximum Gasteiger partial charge on any atom is 0.123 e. The van der Waals surface area contributed by atoms with Crippen LogP contribution in [0.3, 0.4) is 0 Å². The number of nitrogens with one attached hydrogen (secondary N) is 1. The topological polar surface area (TPSA) is 43.6 Å². The number of hydrogen-bond acceptors (Lipinski definition) is 4. The van der Waals surface area contributed by atoms with Crippen LogP contribution in [0.1, 0.15) is 25.2 Å². The standard InChI is InChI=1S/C12H21NO3/c1-10(2)13-8-12-11(4-5-16-12)9-15-7-6-14-3/h4-5,10,13H,6-9H2,1-3H3. The molecule has 0 aliphatic heterocycles. The molecule has 1 rings (SSSR count). The lowest BCUT2D eigenvalue weighted by molar-refractivity contribution is 0.0609. The van der Waals surface area contributed by atoms with Gasteiger partial charge < -0.3 is 19.2 Å². The molecule has 16 heavy (non-hydrogen) atoms. The normalized spacial score (nSPS) is 11.2. The van der Waals surface area contributed by atoms with E-state index in [0.717, 1.165) is 17.9 Å². The summed E-state index contributed by atoms with van der Waals surface area (Å²) >= 11 is 0. The molecule has 0 saturated heterocycles. The summed E-state index contributed by atoms with van der Waals surface area (Å²) in [6.45, 7) is 6.77. The van der Waals surface area contributed by atoms with Gasteiger partial charge >= 0.3 is 0 Å². The van der Waals surface area contributed by atoms with Gasteiger partial charge in [0.2, 0.25) is 0 Å². The highest BCUT2D eigenvalue weighted by atomic mass is 16.5. The number of ether oxygens (including phenoxy) is 2. The minimum absolute atomic E-state index is 0.451. The second-order valence-corrected chi connectivity index (χ2v) is 3.95. The summed E-state index contributed by atoms with van der Waals surface area (Å²) < 4.78 is 15.8. The molecule has 4 nitrogen and oxygen atoms in total. The molecule has 1 aromatic heterocycles. The van der Waals surface area contributed by atoms with Gasteiger partial charge in [-0.1, -0.05) is 13.8 Å². The van der Waals surface area contributed by atoms with Crippen molar-refractivity contribution in [2.75, 3.05) is 20.3 Å². The van der Waals surface area contributed by atoms with Gasteiger partial charge in [0.05, 0.1) is 32.6 Å². The van der Waals surface area contributed by atoms with Gasteiger partial charge in [0.15, 0.2) is 0 Å². The van der Waals surface area contributed by atoms with Crippen molar-refractivity contribution in [1.29, 1.82) is 0 Å². The monoisotopic (exact) mass is 227 g/mol. The number of furan rings is 1. The Morgan fingerprint density at radius 2 is 2.19 bits per heavy atom. The Morgan fingerprint density at radius 1 is 1.38 bits per heavy atom. The first-order chi connectivity index (χ1) is 7.74. The highest BCUT2D eigenvalue weighted by molar-refractivity contribution is 5.15. The lowest BCUT2D eigenvalue weighted by Gasteiger charge is -2.08. The van der Waals surface area contributed by atoms with Gasteiger partial charge in [-0.05, 0) is 6.07 Å². The van der Waals surface area contributed by atoms with E-state index >= 15 is 0 Å². The van der Waals surface area contributed by atoms with Gasteiger partial charge in [0.1, 0.15) is 5.76 Å². The van der Waals surface area contributed by atoms with E-state index in [1.54, 1.807) is 13.4 Å². The van der Waals surface area contributed by atoms with Crippen molar-refractivity contribution in [1.82, 2.24) is 5.32 Å². The SMILES string of the molecule is COCCOCc1ccoc1CNC(C)C. The predicted molar refractivity (Wildman–Crippen MR) is 62.2 cm³/mol. The van der Waals surface area contributed by atoms with Crippen molar-refractivity contribution in [2.45, 2.75) is 33.0 Å². The van der Waals surface area contributed by atoms with Gasteiger partial charge in [0, 0.05) is 18.7 Å². The molecule has 0 aromatic carbocycles. The zero-order chi connectivity index (χ0) is 11.8. The third kappa shape index (κ3) is 4.79. The molecule has 1 heterocycles. The van der Waals surface area contributed by atoms with Crippen LogP contribution in [0.4, 0.5) is 0 Å². The first-order valence-corrected chi connectivity index (χ1v) is 5.59. The molecular weight excluding hydrogens is 206 g/mol. The van der Waals surface area contributed by atoms with Gasteiger partial charge in [0.25, 0.3) is 0 Å². The van der Waals surface area contributed by atoms with Gasteiger partial charge in [-0.3, -0.25) is 0 Å². The van der Waals surface area contributed by atoms with E-state index in [2.05, 4.69) is 19.2 Å². The van der Waals surface area contributed by atoms with Crippen molar-refractivity contribution in [3.05, 3.63) is 23.7 Å². The molecule has 0 aliphatic carbocycles. The van der Waals surface area contributed by atoms with Crippen LogP contribution < -0.4 is 5.32 Å². The number of rotatable bonds is 8. The Hall–Kier alpha value is -0.840. The minimum Gasteiger partial charge on any atom is -0.468 e. The highest BCUT2D eigenvalue weighted by Crippen LogP contribution is 2.11. The molecule has 0 spiro atoms. The summed E-state index contributed by atoms with van der Waals surface area (Å²) in [5, 5.41) is 3.32. The lowest BCUT2D eigenvalue weighted by atomic mass is 10.2. The van der Waals surface area contributed by atoms with E-state index < -0.39 is 0 Å². The van der Waals surface area contributed by atoms with Crippen LogP contribution in [-0.2, 0) is 22.6 Å². The van der Waals surface area contributed by atoms with Gasteiger partial charge in [-0.15, -0.1) is 0 Å². The molecule has 0 saturated carbocycles. The molecule has 0 bridgehead atoms. The Balaban J connectivity index is 2.32.